The lowest BCUT2D eigenvalue weighted by atomic mass is 10.1. The normalized spacial score (nSPS) is 10.5. The zero-order valence-electron chi connectivity index (χ0n) is 11.6. The molecule has 0 fully saturated rings. The van der Waals surface area contributed by atoms with Crippen LogP contribution in [0.3, 0.4) is 0 Å². The number of ether oxygens (including phenoxy) is 1. The Hall–Kier alpha value is -1.94. The smallest absolute Gasteiger partial charge is 0.163 e. The molecule has 0 saturated heterocycles. The molecule has 1 aromatic heterocycles. The molecule has 100 valence electrons. The molecule has 2 aromatic rings. The van der Waals surface area contributed by atoms with Crippen LogP contribution in [0.1, 0.15) is 23.9 Å². The van der Waals surface area contributed by atoms with Crippen molar-refractivity contribution < 1.29 is 4.74 Å². The third-order valence-corrected chi connectivity index (χ3v) is 3.05. The molecule has 1 aromatic carbocycles. The summed E-state index contributed by atoms with van der Waals surface area (Å²) in [4.78, 5) is 9.09. The average molecular weight is 257 g/mol. The predicted molar refractivity (Wildman–Crippen MR) is 76.0 cm³/mol. The van der Waals surface area contributed by atoms with Crippen LogP contribution in [-0.2, 0) is 6.54 Å². The molecule has 4 heteroatoms. The fourth-order valence-electron chi connectivity index (χ4n) is 2.09. The van der Waals surface area contributed by atoms with Gasteiger partial charge in [0.2, 0.25) is 0 Å². The minimum absolute atomic E-state index is 0.463. The van der Waals surface area contributed by atoms with Gasteiger partial charge >= 0.3 is 0 Å². The Balaban J connectivity index is 2.53. The summed E-state index contributed by atoms with van der Waals surface area (Å²) < 4.78 is 5.62. The molecule has 19 heavy (non-hydrogen) atoms. The highest BCUT2D eigenvalue weighted by Gasteiger charge is 2.12. The Morgan fingerprint density at radius 1 is 1.11 bits per heavy atom. The summed E-state index contributed by atoms with van der Waals surface area (Å²) >= 11 is 0. The fraction of sp³-hybridized carbons (Fsp3) is 0.333. The van der Waals surface area contributed by atoms with Gasteiger partial charge in [0.15, 0.2) is 5.82 Å². The van der Waals surface area contributed by atoms with Crippen LogP contribution in [-0.4, -0.2) is 16.6 Å². The van der Waals surface area contributed by atoms with Gasteiger partial charge in [-0.25, -0.2) is 9.97 Å². The van der Waals surface area contributed by atoms with E-state index in [-0.39, 0.29) is 0 Å². The number of nitrogens with zero attached hydrogens (tertiary/aromatic N) is 2. The average Bonchev–Trinajstić information content (AvgIpc) is 2.39. The molecule has 0 aliphatic rings. The number of benzene rings is 1. The molecule has 0 aliphatic heterocycles. The number of nitrogens with two attached hydrogens (primary N) is 1. The zero-order valence-corrected chi connectivity index (χ0v) is 11.6. The predicted octanol–water partition coefficient (Wildman–Crippen LogP) is 2.62. The van der Waals surface area contributed by atoms with E-state index in [0.717, 1.165) is 28.3 Å². The third-order valence-electron chi connectivity index (χ3n) is 3.05. The lowest BCUT2D eigenvalue weighted by Crippen LogP contribution is -2.07. The summed E-state index contributed by atoms with van der Waals surface area (Å²) in [5.74, 6) is 1.50. The highest BCUT2D eigenvalue weighted by Crippen LogP contribution is 2.28. The summed E-state index contributed by atoms with van der Waals surface area (Å²) in [7, 11) is 0. The summed E-state index contributed by atoms with van der Waals surface area (Å²) in [6, 6.07) is 7.82. The molecule has 0 atom stereocenters. The van der Waals surface area contributed by atoms with E-state index in [4.69, 9.17) is 10.5 Å². The molecular weight excluding hydrogens is 238 g/mol. The van der Waals surface area contributed by atoms with E-state index in [1.54, 1.807) is 0 Å². The topological polar surface area (TPSA) is 61.0 Å². The summed E-state index contributed by atoms with van der Waals surface area (Å²) in [5.41, 5.74) is 9.49. The van der Waals surface area contributed by atoms with E-state index in [2.05, 4.69) is 9.97 Å². The van der Waals surface area contributed by atoms with Crippen LogP contribution in [0.5, 0.6) is 5.75 Å². The minimum atomic E-state index is 0.463. The Bertz CT molecular complexity index is 558. The molecule has 0 unspecified atom stereocenters. The SMILES string of the molecule is CCOc1ccccc1-c1nc(C)c(CN)c(C)n1. The van der Waals surface area contributed by atoms with E-state index in [1.807, 2.05) is 45.0 Å². The number of aromatic nitrogens is 2. The lowest BCUT2D eigenvalue weighted by molar-refractivity contribution is 0.341. The van der Waals surface area contributed by atoms with Crippen LogP contribution in [0.2, 0.25) is 0 Å². The van der Waals surface area contributed by atoms with Crippen LogP contribution in [0.25, 0.3) is 11.4 Å². The molecule has 2 rings (SSSR count). The Morgan fingerprint density at radius 3 is 2.32 bits per heavy atom. The maximum Gasteiger partial charge on any atom is 0.163 e. The first-order valence-electron chi connectivity index (χ1n) is 6.43. The van der Waals surface area contributed by atoms with Crippen LogP contribution < -0.4 is 10.5 Å². The van der Waals surface area contributed by atoms with Crippen molar-refractivity contribution >= 4 is 0 Å². The van der Waals surface area contributed by atoms with Gasteiger partial charge in [-0.2, -0.15) is 0 Å². The monoisotopic (exact) mass is 257 g/mol. The second-order valence-electron chi connectivity index (χ2n) is 4.33. The fourth-order valence-corrected chi connectivity index (χ4v) is 2.09. The van der Waals surface area contributed by atoms with E-state index < -0.39 is 0 Å². The van der Waals surface area contributed by atoms with Crippen molar-refractivity contribution in [1.82, 2.24) is 9.97 Å². The molecule has 0 amide bonds. The Labute approximate surface area is 113 Å². The van der Waals surface area contributed by atoms with Crippen molar-refractivity contribution in [3.63, 3.8) is 0 Å². The molecule has 0 saturated carbocycles. The molecular formula is C15H19N3O. The van der Waals surface area contributed by atoms with Crippen molar-refractivity contribution in [2.24, 2.45) is 5.73 Å². The van der Waals surface area contributed by atoms with E-state index >= 15 is 0 Å². The van der Waals surface area contributed by atoms with Gasteiger partial charge in [0.05, 0.1) is 12.2 Å². The molecule has 0 bridgehead atoms. The molecule has 2 N–H and O–H groups in total. The number of rotatable bonds is 4. The van der Waals surface area contributed by atoms with Gasteiger partial charge in [-0.05, 0) is 32.9 Å². The first-order chi connectivity index (χ1) is 9.17. The number of para-hydroxylation sites is 1. The van der Waals surface area contributed by atoms with Crippen LogP contribution in [0.15, 0.2) is 24.3 Å². The standard InChI is InChI=1S/C15H19N3O/c1-4-19-14-8-6-5-7-12(14)15-17-10(2)13(9-16)11(3)18-15/h5-8H,4,9,16H2,1-3H3. The first kappa shape index (κ1) is 13.5. The number of hydrogen-bond donors (Lipinski definition) is 1. The third kappa shape index (κ3) is 2.74. The van der Waals surface area contributed by atoms with Gasteiger partial charge in [-0.1, -0.05) is 12.1 Å². The number of hydrogen-bond acceptors (Lipinski definition) is 4. The number of aryl methyl sites for hydroxylation is 2. The van der Waals surface area contributed by atoms with Gasteiger partial charge in [-0.3, -0.25) is 0 Å². The summed E-state index contributed by atoms with van der Waals surface area (Å²) in [5, 5.41) is 0. The summed E-state index contributed by atoms with van der Waals surface area (Å²) in [6.07, 6.45) is 0. The second kappa shape index (κ2) is 5.80. The first-order valence-corrected chi connectivity index (χ1v) is 6.43. The van der Waals surface area contributed by atoms with Gasteiger partial charge in [0, 0.05) is 23.5 Å². The quantitative estimate of drug-likeness (QED) is 0.914. The van der Waals surface area contributed by atoms with E-state index in [0.29, 0.717) is 19.0 Å². The van der Waals surface area contributed by atoms with E-state index in [9.17, 15) is 0 Å². The molecule has 1 heterocycles. The van der Waals surface area contributed by atoms with Gasteiger partial charge in [-0.15, -0.1) is 0 Å². The van der Waals surface area contributed by atoms with Crippen LogP contribution in [0, 0.1) is 13.8 Å². The summed E-state index contributed by atoms with van der Waals surface area (Å²) in [6.45, 7) is 6.97. The lowest BCUT2D eigenvalue weighted by Gasteiger charge is -2.12. The molecule has 4 nitrogen and oxygen atoms in total. The van der Waals surface area contributed by atoms with Crippen molar-refractivity contribution in [1.29, 1.82) is 0 Å². The van der Waals surface area contributed by atoms with Crippen molar-refractivity contribution in [2.75, 3.05) is 6.61 Å². The second-order valence-corrected chi connectivity index (χ2v) is 4.33. The van der Waals surface area contributed by atoms with Gasteiger partial charge < -0.3 is 10.5 Å². The molecule has 0 aliphatic carbocycles. The molecule has 0 spiro atoms. The van der Waals surface area contributed by atoms with E-state index in [1.165, 1.54) is 0 Å². The maximum atomic E-state index is 5.71. The van der Waals surface area contributed by atoms with Gasteiger partial charge in [0.1, 0.15) is 5.75 Å². The van der Waals surface area contributed by atoms with Crippen molar-refractivity contribution in [3.05, 3.63) is 41.2 Å². The zero-order chi connectivity index (χ0) is 13.8. The largest absolute Gasteiger partial charge is 0.493 e. The van der Waals surface area contributed by atoms with Crippen molar-refractivity contribution in [2.45, 2.75) is 27.3 Å². The minimum Gasteiger partial charge on any atom is -0.493 e. The Morgan fingerprint density at radius 2 is 1.74 bits per heavy atom. The van der Waals surface area contributed by atoms with Crippen LogP contribution in [0.4, 0.5) is 0 Å². The van der Waals surface area contributed by atoms with Crippen molar-refractivity contribution in [3.8, 4) is 17.1 Å². The highest BCUT2D eigenvalue weighted by molar-refractivity contribution is 5.64. The molecule has 0 radical (unpaired) electrons. The van der Waals surface area contributed by atoms with Crippen LogP contribution >= 0.6 is 0 Å². The highest BCUT2D eigenvalue weighted by atomic mass is 16.5. The van der Waals surface area contributed by atoms with Gasteiger partial charge in [0.25, 0.3) is 0 Å². The Kier molecular flexibility index (Phi) is 4.12. The maximum absolute atomic E-state index is 5.71.